The number of anilines is 1. The lowest BCUT2D eigenvalue weighted by molar-refractivity contribution is -0.117. The maximum absolute atomic E-state index is 12.0. The molecule has 0 saturated carbocycles. The summed E-state index contributed by atoms with van der Waals surface area (Å²) < 4.78 is 5.73. The van der Waals surface area contributed by atoms with Crippen LogP contribution in [0, 0.1) is 0 Å². The third-order valence-electron chi connectivity index (χ3n) is 3.46. The number of carbonyl (C=O) groups excluding carboxylic acids is 1. The van der Waals surface area contributed by atoms with E-state index in [0.717, 1.165) is 30.0 Å². The summed E-state index contributed by atoms with van der Waals surface area (Å²) in [5.74, 6) is 0.750. The second-order valence-corrected chi connectivity index (χ2v) is 5.46. The molecule has 2 rings (SSSR count). The molecular weight excluding hydrogens is 324 g/mol. The van der Waals surface area contributed by atoms with Crippen molar-refractivity contribution >= 4 is 24.0 Å². The number of benzene rings is 2. The fourth-order valence-corrected chi connectivity index (χ4v) is 2.08. The molecule has 1 amide bonds. The zero-order valence-electron chi connectivity index (χ0n) is 14.1. The van der Waals surface area contributed by atoms with Gasteiger partial charge in [-0.15, -0.1) is 12.4 Å². The second-order valence-electron chi connectivity index (χ2n) is 5.46. The van der Waals surface area contributed by atoms with Gasteiger partial charge in [-0.3, -0.25) is 4.79 Å². The first-order valence-corrected chi connectivity index (χ1v) is 8.00. The Kier molecular flexibility index (Phi) is 8.90. The first-order chi connectivity index (χ1) is 11.2. The summed E-state index contributed by atoms with van der Waals surface area (Å²) in [4.78, 5) is 12.0. The minimum atomic E-state index is -0.205. The Morgan fingerprint density at radius 2 is 1.75 bits per heavy atom. The van der Waals surface area contributed by atoms with Gasteiger partial charge in [0.05, 0.1) is 6.04 Å². The summed E-state index contributed by atoms with van der Waals surface area (Å²) in [6.45, 7) is 5.31. The maximum Gasteiger partial charge on any atom is 0.241 e. The van der Waals surface area contributed by atoms with Crippen molar-refractivity contribution in [2.75, 3.05) is 11.9 Å². The highest BCUT2D eigenvalue weighted by molar-refractivity contribution is 5.94. The standard InChI is InChI=1S/C19H24N2O2.ClH/c1-3-13-20-15(2)19(22)21-17-9-11-18(12-10-17)23-14-16-7-5-4-6-8-16;/h4-12,15,20H,3,13-14H2,1-2H3,(H,21,22);1H. The van der Waals surface area contributed by atoms with Gasteiger partial charge in [0.2, 0.25) is 5.91 Å². The van der Waals surface area contributed by atoms with Crippen molar-refractivity contribution in [1.29, 1.82) is 0 Å². The van der Waals surface area contributed by atoms with Crippen LogP contribution in [0.5, 0.6) is 5.75 Å². The molecule has 0 saturated heterocycles. The Morgan fingerprint density at radius 1 is 1.08 bits per heavy atom. The first-order valence-electron chi connectivity index (χ1n) is 8.00. The van der Waals surface area contributed by atoms with Crippen LogP contribution >= 0.6 is 12.4 Å². The molecule has 24 heavy (non-hydrogen) atoms. The molecule has 0 radical (unpaired) electrons. The minimum absolute atomic E-state index is 0. The molecule has 0 heterocycles. The van der Waals surface area contributed by atoms with Gasteiger partial charge in [0.25, 0.3) is 0 Å². The van der Waals surface area contributed by atoms with E-state index in [1.165, 1.54) is 0 Å². The third kappa shape index (κ3) is 6.60. The molecule has 0 spiro atoms. The summed E-state index contributed by atoms with van der Waals surface area (Å²) in [5, 5.41) is 6.06. The lowest BCUT2D eigenvalue weighted by atomic mass is 10.2. The van der Waals surface area contributed by atoms with E-state index in [0.29, 0.717) is 6.61 Å². The molecule has 2 aromatic carbocycles. The van der Waals surface area contributed by atoms with E-state index in [4.69, 9.17) is 4.74 Å². The zero-order chi connectivity index (χ0) is 16.5. The fourth-order valence-electron chi connectivity index (χ4n) is 2.08. The first kappa shape index (κ1) is 20.0. The summed E-state index contributed by atoms with van der Waals surface area (Å²) in [7, 11) is 0. The van der Waals surface area contributed by atoms with Crippen molar-refractivity contribution in [3.05, 3.63) is 60.2 Å². The monoisotopic (exact) mass is 348 g/mol. The van der Waals surface area contributed by atoms with Crippen LogP contribution in [0.4, 0.5) is 5.69 Å². The number of hydrogen-bond donors (Lipinski definition) is 2. The number of hydrogen-bond acceptors (Lipinski definition) is 3. The van der Waals surface area contributed by atoms with Crippen molar-refractivity contribution in [3.8, 4) is 5.75 Å². The van der Waals surface area contributed by atoms with E-state index >= 15 is 0 Å². The van der Waals surface area contributed by atoms with E-state index in [2.05, 4.69) is 17.6 Å². The molecule has 1 atom stereocenters. The Bertz CT molecular complexity index is 603. The van der Waals surface area contributed by atoms with Crippen molar-refractivity contribution in [1.82, 2.24) is 5.32 Å². The predicted octanol–water partition coefficient (Wildman–Crippen LogP) is 4.01. The van der Waals surface area contributed by atoms with Crippen molar-refractivity contribution in [2.24, 2.45) is 0 Å². The van der Waals surface area contributed by atoms with Gasteiger partial charge >= 0.3 is 0 Å². The SMILES string of the molecule is CCCNC(C)C(=O)Nc1ccc(OCc2ccccc2)cc1.Cl. The molecule has 4 nitrogen and oxygen atoms in total. The molecule has 0 aliphatic rings. The number of ether oxygens (including phenoxy) is 1. The van der Waals surface area contributed by atoms with Gasteiger partial charge in [-0.25, -0.2) is 0 Å². The Labute approximate surface area is 150 Å². The predicted molar refractivity (Wildman–Crippen MR) is 101 cm³/mol. The number of halogens is 1. The van der Waals surface area contributed by atoms with Crippen LogP contribution in [0.25, 0.3) is 0 Å². The van der Waals surface area contributed by atoms with E-state index in [-0.39, 0.29) is 24.4 Å². The van der Waals surface area contributed by atoms with E-state index in [1.54, 1.807) is 0 Å². The summed E-state index contributed by atoms with van der Waals surface area (Å²) >= 11 is 0. The van der Waals surface area contributed by atoms with E-state index in [1.807, 2.05) is 61.5 Å². The smallest absolute Gasteiger partial charge is 0.241 e. The van der Waals surface area contributed by atoms with Crippen LogP contribution in [-0.4, -0.2) is 18.5 Å². The largest absolute Gasteiger partial charge is 0.489 e. The van der Waals surface area contributed by atoms with Crippen LogP contribution < -0.4 is 15.4 Å². The molecule has 5 heteroatoms. The van der Waals surface area contributed by atoms with Crippen LogP contribution in [-0.2, 0) is 11.4 Å². The van der Waals surface area contributed by atoms with Crippen molar-refractivity contribution < 1.29 is 9.53 Å². The molecule has 0 aliphatic heterocycles. The molecule has 1 unspecified atom stereocenters. The van der Waals surface area contributed by atoms with Gasteiger partial charge in [0, 0.05) is 5.69 Å². The van der Waals surface area contributed by atoms with Gasteiger partial charge in [0.1, 0.15) is 12.4 Å². The van der Waals surface area contributed by atoms with E-state index in [9.17, 15) is 4.79 Å². The van der Waals surface area contributed by atoms with Crippen LogP contribution in [0.1, 0.15) is 25.8 Å². The van der Waals surface area contributed by atoms with E-state index < -0.39 is 0 Å². The Morgan fingerprint density at radius 3 is 2.38 bits per heavy atom. The Balaban J connectivity index is 0.00000288. The van der Waals surface area contributed by atoms with Gasteiger partial charge in [-0.1, -0.05) is 37.3 Å². The Hall–Kier alpha value is -2.04. The fraction of sp³-hybridized carbons (Fsp3) is 0.316. The van der Waals surface area contributed by atoms with Crippen LogP contribution in [0.2, 0.25) is 0 Å². The molecule has 2 aromatic rings. The highest BCUT2D eigenvalue weighted by Gasteiger charge is 2.11. The number of amides is 1. The molecule has 130 valence electrons. The molecule has 0 aliphatic carbocycles. The van der Waals surface area contributed by atoms with Crippen LogP contribution in [0.15, 0.2) is 54.6 Å². The normalized spacial score (nSPS) is 11.2. The van der Waals surface area contributed by atoms with Crippen molar-refractivity contribution in [3.63, 3.8) is 0 Å². The molecule has 0 bridgehead atoms. The van der Waals surface area contributed by atoms with Crippen molar-refractivity contribution in [2.45, 2.75) is 32.9 Å². The molecular formula is C19H25ClN2O2. The summed E-state index contributed by atoms with van der Waals surface area (Å²) in [5.41, 5.74) is 1.90. The van der Waals surface area contributed by atoms with Crippen LogP contribution in [0.3, 0.4) is 0 Å². The lowest BCUT2D eigenvalue weighted by Gasteiger charge is -2.14. The molecule has 0 aromatic heterocycles. The lowest BCUT2D eigenvalue weighted by Crippen LogP contribution is -2.38. The maximum atomic E-state index is 12.0. The van der Waals surface area contributed by atoms with Gasteiger partial charge in [-0.05, 0) is 49.7 Å². The highest BCUT2D eigenvalue weighted by Crippen LogP contribution is 2.17. The molecule has 0 fully saturated rings. The third-order valence-corrected chi connectivity index (χ3v) is 3.46. The van der Waals surface area contributed by atoms with Gasteiger partial charge in [-0.2, -0.15) is 0 Å². The topological polar surface area (TPSA) is 50.4 Å². The quantitative estimate of drug-likeness (QED) is 0.757. The minimum Gasteiger partial charge on any atom is -0.489 e. The van der Waals surface area contributed by atoms with Gasteiger partial charge in [0.15, 0.2) is 0 Å². The zero-order valence-corrected chi connectivity index (χ0v) is 14.9. The number of carbonyl (C=O) groups is 1. The number of rotatable bonds is 8. The molecule has 2 N–H and O–H groups in total. The average Bonchev–Trinajstić information content (AvgIpc) is 2.60. The van der Waals surface area contributed by atoms with Gasteiger partial charge < -0.3 is 15.4 Å². The summed E-state index contributed by atoms with van der Waals surface area (Å²) in [6, 6.07) is 17.2. The highest BCUT2D eigenvalue weighted by atomic mass is 35.5. The summed E-state index contributed by atoms with van der Waals surface area (Å²) in [6.07, 6.45) is 1.01. The average molecular weight is 349 g/mol. The second kappa shape index (κ2) is 10.7. The number of nitrogens with one attached hydrogen (secondary N) is 2.